The number of rotatable bonds is 3. The molecule has 1 aromatic rings. The van der Waals surface area contributed by atoms with Crippen molar-refractivity contribution in [2.75, 3.05) is 5.32 Å². The fraction of sp³-hybridized carbons (Fsp3) is 0.429. The zero-order chi connectivity index (χ0) is 13.7. The smallest absolute Gasteiger partial charge is 0.405 e. The lowest BCUT2D eigenvalue weighted by Gasteiger charge is -2.34. The molecule has 102 valence electrons. The van der Waals surface area contributed by atoms with Crippen LogP contribution in [-0.4, -0.2) is 17.6 Å². The maximum Gasteiger partial charge on any atom is 0.405 e. The van der Waals surface area contributed by atoms with E-state index in [9.17, 15) is 9.59 Å². The summed E-state index contributed by atoms with van der Waals surface area (Å²) in [5.74, 6) is -0.294. The Kier molecular flexibility index (Phi) is 4.04. The van der Waals surface area contributed by atoms with Gasteiger partial charge in [0.1, 0.15) is 0 Å². The third kappa shape index (κ3) is 3.24. The first kappa shape index (κ1) is 13.4. The van der Waals surface area contributed by atoms with E-state index in [1.54, 1.807) is 12.1 Å². The lowest BCUT2D eigenvalue weighted by atomic mass is 9.84. The van der Waals surface area contributed by atoms with Gasteiger partial charge in [-0.05, 0) is 37.8 Å². The molecule has 19 heavy (non-hydrogen) atoms. The SMILES string of the molecule is NC(=O)OC1(C(=O)Nc2ccccc2)CCCCC1. The minimum atomic E-state index is -1.11. The fourth-order valence-corrected chi connectivity index (χ4v) is 2.46. The van der Waals surface area contributed by atoms with Gasteiger partial charge in [0.15, 0.2) is 5.60 Å². The Morgan fingerprint density at radius 3 is 2.32 bits per heavy atom. The number of carbonyl (C=O) groups excluding carboxylic acids is 2. The highest BCUT2D eigenvalue weighted by molar-refractivity contribution is 5.98. The van der Waals surface area contributed by atoms with Crippen molar-refractivity contribution in [3.05, 3.63) is 30.3 Å². The number of ether oxygens (including phenoxy) is 1. The van der Waals surface area contributed by atoms with Crippen LogP contribution >= 0.6 is 0 Å². The second-order valence-electron chi connectivity index (χ2n) is 4.80. The maximum absolute atomic E-state index is 12.4. The van der Waals surface area contributed by atoms with Crippen LogP contribution in [0.4, 0.5) is 10.5 Å². The average Bonchev–Trinajstić information content (AvgIpc) is 2.40. The molecule has 1 aliphatic rings. The Hall–Kier alpha value is -2.04. The van der Waals surface area contributed by atoms with Crippen LogP contribution in [0.5, 0.6) is 0 Å². The Morgan fingerprint density at radius 1 is 1.11 bits per heavy atom. The normalized spacial score (nSPS) is 17.5. The molecular weight excluding hydrogens is 244 g/mol. The fourth-order valence-electron chi connectivity index (χ4n) is 2.46. The summed E-state index contributed by atoms with van der Waals surface area (Å²) >= 11 is 0. The summed E-state index contributed by atoms with van der Waals surface area (Å²) in [7, 11) is 0. The van der Waals surface area contributed by atoms with Gasteiger partial charge in [-0.2, -0.15) is 0 Å². The summed E-state index contributed by atoms with van der Waals surface area (Å²) in [6.45, 7) is 0. The average molecular weight is 262 g/mol. The van der Waals surface area contributed by atoms with E-state index in [0.29, 0.717) is 18.5 Å². The lowest BCUT2D eigenvalue weighted by Crippen LogP contribution is -2.49. The van der Waals surface area contributed by atoms with E-state index in [1.807, 2.05) is 18.2 Å². The Labute approximate surface area is 112 Å². The first-order valence-corrected chi connectivity index (χ1v) is 6.47. The summed E-state index contributed by atoms with van der Waals surface area (Å²) < 4.78 is 5.14. The molecule has 1 saturated carbocycles. The molecule has 0 aromatic heterocycles. The number of anilines is 1. The van der Waals surface area contributed by atoms with Crippen LogP contribution in [0.25, 0.3) is 0 Å². The molecule has 0 atom stereocenters. The highest BCUT2D eigenvalue weighted by Gasteiger charge is 2.43. The molecule has 1 aliphatic carbocycles. The van der Waals surface area contributed by atoms with Gasteiger partial charge in [0, 0.05) is 5.69 Å². The van der Waals surface area contributed by atoms with E-state index in [0.717, 1.165) is 19.3 Å². The summed E-state index contributed by atoms with van der Waals surface area (Å²) in [5, 5.41) is 2.79. The number of amides is 2. The molecule has 5 heteroatoms. The minimum absolute atomic E-state index is 0.294. The monoisotopic (exact) mass is 262 g/mol. The van der Waals surface area contributed by atoms with Crippen molar-refractivity contribution >= 4 is 17.7 Å². The highest BCUT2D eigenvalue weighted by Crippen LogP contribution is 2.32. The summed E-state index contributed by atoms with van der Waals surface area (Å²) in [6, 6.07) is 9.11. The molecule has 0 spiro atoms. The molecule has 2 rings (SSSR count). The molecule has 0 radical (unpaired) electrons. The molecule has 2 amide bonds. The number of nitrogens with two attached hydrogens (primary N) is 1. The lowest BCUT2D eigenvalue weighted by molar-refractivity contribution is -0.137. The largest absolute Gasteiger partial charge is 0.433 e. The van der Waals surface area contributed by atoms with Gasteiger partial charge >= 0.3 is 6.09 Å². The number of primary amides is 1. The molecule has 1 fully saturated rings. The number of hydrogen-bond acceptors (Lipinski definition) is 3. The molecule has 1 aromatic carbocycles. The van der Waals surface area contributed by atoms with Gasteiger partial charge < -0.3 is 15.8 Å². The second kappa shape index (κ2) is 5.73. The first-order chi connectivity index (χ1) is 9.12. The van der Waals surface area contributed by atoms with Crippen LogP contribution in [0.2, 0.25) is 0 Å². The predicted octanol–water partition coefficient (Wildman–Crippen LogP) is 2.42. The molecule has 3 N–H and O–H groups in total. The van der Waals surface area contributed by atoms with Gasteiger partial charge in [0.25, 0.3) is 5.91 Å². The Balaban J connectivity index is 2.13. The number of hydrogen-bond donors (Lipinski definition) is 2. The Bertz CT molecular complexity index is 453. The predicted molar refractivity (Wildman–Crippen MR) is 71.6 cm³/mol. The zero-order valence-corrected chi connectivity index (χ0v) is 10.7. The van der Waals surface area contributed by atoms with Crippen molar-refractivity contribution in [3.8, 4) is 0 Å². The third-order valence-electron chi connectivity index (χ3n) is 3.40. The summed E-state index contributed by atoms with van der Waals surface area (Å²) in [5.41, 5.74) is 4.67. The van der Waals surface area contributed by atoms with Crippen LogP contribution in [0.3, 0.4) is 0 Å². The van der Waals surface area contributed by atoms with E-state index in [-0.39, 0.29) is 5.91 Å². The Morgan fingerprint density at radius 2 is 1.74 bits per heavy atom. The van der Waals surface area contributed by atoms with Gasteiger partial charge in [-0.3, -0.25) is 4.79 Å². The standard InChI is InChI=1S/C14H18N2O3/c15-13(18)19-14(9-5-2-6-10-14)12(17)16-11-7-3-1-4-8-11/h1,3-4,7-8H,2,5-6,9-10H2,(H2,15,18)(H,16,17). The number of para-hydroxylation sites is 1. The van der Waals surface area contributed by atoms with Gasteiger partial charge in [-0.15, -0.1) is 0 Å². The van der Waals surface area contributed by atoms with Gasteiger partial charge in [0.2, 0.25) is 0 Å². The molecule has 0 aliphatic heterocycles. The van der Waals surface area contributed by atoms with Crippen molar-refractivity contribution < 1.29 is 14.3 Å². The van der Waals surface area contributed by atoms with E-state index >= 15 is 0 Å². The molecule has 0 heterocycles. The van der Waals surface area contributed by atoms with Crippen LogP contribution < -0.4 is 11.1 Å². The van der Waals surface area contributed by atoms with E-state index in [2.05, 4.69) is 5.32 Å². The van der Waals surface area contributed by atoms with Crippen LogP contribution in [0.15, 0.2) is 30.3 Å². The number of benzene rings is 1. The second-order valence-corrected chi connectivity index (χ2v) is 4.80. The van der Waals surface area contributed by atoms with Crippen molar-refractivity contribution in [2.45, 2.75) is 37.7 Å². The number of nitrogens with one attached hydrogen (secondary N) is 1. The third-order valence-corrected chi connectivity index (χ3v) is 3.40. The van der Waals surface area contributed by atoms with Crippen molar-refractivity contribution in [1.82, 2.24) is 0 Å². The van der Waals surface area contributed by atoms with Crippen LogP contribution in [0.1, 0.15) is 32.1 Å². The summed E-state index contributed by atoms with van der Waals surface area (Å²) in [4.78, 5) is 23.4. The van der Waals surface area contributed by atoms with Gasteiger partial charge in [-0.1, -0.05) is 24.6 Å². The van der Waals surface area contributed by atoms with E-state index < -0.39 is 11.7 Å². The molecule has 5 nitrogen and oxygen atoms in total. The topological polar surface area (TPSA) is 81.4 Å². The van der Waals surface area contributed by atoms with Crippen LogP contribution in [-0.2, 0) is 9.53 Å². The molecular formula is C14H18N2O3. The van der Waals surface area contributed by atoms with Crippen molar-refractivity contribution in [2.24, 2.45) is 5.73 Å². The van der Waals surface area contributed by atoms with Crippen LogP contribution in [0, 0.1) is 0 Å². The molecule has 0 saturated heterocycles. The van der Waals surface area contributed by atoms with Crippen molar-refractivity contribution in [1.29, 1.82) is 0 Å². The highest BCUT2D eigenvalue weighted by atomic mass is 16.6. The first-order valence-electron chi connectivity index (χ1n) is 6.47. The number of carbonyl (C=O) groups is 2. The maximum atomic E-state index is 12.4. The molecule has 0 unspecified atom stereocenters. The quantitative estimate of drug-likeness (QED) is 0.877. The van der Waals surface area contributed by atoms with E-state index in [4.69, 9.17) is 10.5 Å². The van der Waals surface area contributed by atoms with Gasteiger partial charge in [0.05, 0.1) is 0 Å². The zero-order valence-electron chi connectivity index (χ0n) is 10.7. The van der Waals surface area contributed by atoms with Gasteiger partial charge in [-0.25, -0.2) is 4.79 Å². The minimum Gasteiger partial charge on any atom is -0.433 e. The van der Waals surface area contributed by atoms with Crippen molar-refractivity contribution in [3.63, 3.8) is 0 Å². The molecule has 0 bridgehead atoms. The summed E-state index contributed by atoms with van der Waals surface area (Å²) in [6.07, 6.45) is 2.90. The van der Waals surface area contributed by atoms with E-state index in [1.165, 1.54) is 0 Å².